The molecule has 1 aliphatic rings. The Balaban J connectivity index is 1.59. The highest BCUT2D eigenvalue weighted by Crippen LogP contribution is 2.32. The molecule has 0 saturated heterocycles. The van der Waals surface area contributed by atoms with Crippen LogP contribution in [-0.2, 0) is 16.4 Å². The first-order valence-electron chi connectivity index (χ1n) is 10.4. The zero-order valence-corrected chi connectivity index (χ0v) is 20.6. The van der Waals surface area contributed by atoms with E-state index < -0.39 is 21.8 Å². The van der Waals surface area contributed by atoms with Crippen LogP contribution in [0, 0.1) is 0 Å². The van der Waals surface area contributed by atoms with Gasteiger partial charge in [-0.15, -0.1) is 0 Å². The lowest BCUT2D eigenvalue weighted by Gasteiger charge is -2.15. The summed E-state index contributed by atoms with van der Waals surface area (Å²) in [6, 6.07) is 15.5. The van der Waals surface area contributed by atoms with Crippen molar-refractivity contribution in [2.24, 2.45) is 0 Å². The Morgan fingerprint density at radius 3 is 2.23 bits per heavy atom. The van der Waals surface area contributed by atoms with Crippen LogP contribution < -0.4 is 4.74 Å². The van der Waals surface area contributed by atoms with Crippen LogP contribution in [0.1, 0.15) is 26.5 Å². The molecule has 2 amide bonds. The number of imidazole rings is 1. The number of ether oxygens (including phenoxy) is 1. The number of hydrogen-bond acceptors (Lipinski definition) is 6. The lowest BCUT2D eigenvalue weighted by Crippen LogP contribution is -2.32. The summed E-state index contributed by atoms with van der Waals surface area (Å²) in [5.41, 5.74) is 1.16. The second kappa shape index (κ2) is 8.67. The van der Waals surface area contributed by atoms with Gasteiger partial charge in [0.1, 0.15) is 11.6 Å². The number of carbonyl (C=O) groups excluding carboxylic acids is 2. The number of imide groups is 1. The third kappa shape index (κ3) is 3.85. The number of rotatable bonds is 6. The first kappa shape index (κ1) is 23.3. The van der Waals surface area contributed by atoms with E-state index in [0.29, 0.717) is 22.4 Å². The smallest absolute Gasteiger partial charge is 0.269 e. The van der Waals surface area contributed by atoms with Gasteiger partial charge in [0.2, 0.25) is 0 Å². The molecule has 5 rings (SSSR count). The van der Waals surface area contributed by atoms with Crippen LogP contribution in [0.5, 0.6) is 5.75 Å². The van der Waals surface area contributed by atoms with Gasteiger partial charge in [0.25, 0.3) is 21.8 Å². The van der Waals surface area contributed by atoms with Gasteiger partial charge in [0, 0.05) is 19.0 Å². The number of hydrogen-bond donors (Lipinski definition) is 0. The van der Waals surface area contributed by atoms with Crippen LogP contribution >= 0.6 is 23.2 Å². The molecule has 1 aromatic heterocycles. The summed E-state index contributed by atoms with van der Waals surface area (Å²) in [6.45, 7) is -0.0647. The second-order valence-electron chi connectivity index (χ2n) is 7.79. The molecule has 4 aromatic rings. The van der Waals surface area contributed by atoms with Gasteiger partial charge in [0.15, 0.2) is 0 Å². The van der Waals surface area contributed by atoms with E-state index in [9.17, 15) is 18.0 Å². The minimum absolute atomic E-state index is 0.0153. The van der Waals surface area contributed by atoms with Gasteiger partial charge in [-0.25, -0.2) is 17.4 Å². The Hall–Kier alpha value is -3.40. The van der Waals surface area contributed by atoms with Crippen molar-refractivity contribution in [2.75, 3.05) is 13.7 Å². The van der Waals surface area contributed by atoms with Gasteiger partial charge in [-0.05, 0) is 36.4 Å². The van der Waals surface area contributed by atoms with Crippen LogP contribution in [0.4, 0.5) is 0 Å². The standard InChI is InChI=1S/C24H17Cl2N3O5S/c1-34-14-5-4-6-15(11-14)35(32,33)29-21-13-19(26)18(25)12-20(21)27-22(29)9-10-28-23(30)16-7-2-3-8-17(16)24(28)31/h2-8,11-13H,9-10H2,1H3. The maximum atomic E-state index is 13.7. The molecule has 11 heteroatoms. The number of methoxy groups -OCH3 is 1. The molecule has 2 heterocycles. The van der Waals surface area contributed by atoms with Gasteiger partial charge in [-0.3, -0.25) is 14.5 Å². The van der Waals surface area contributed by atoms with Gasteiger partial charge in [0.05, 0.1) is 44.2 Å². The highest BCUT2D eigenvalue weighted by Gasteiger charge is 2.35. The Bertz CT molecular complexity index is 1600. The number of benzene rings is 3. The molecule has 0 unspecified atom stereocenters. The zero-order valence-electron chi connectivity index (χ0n) is 18.2. The summed E-state index contributed by atoms with van der Waals surface area (Å²) in [5, 5.41) is 0.377. The number of nitrogens with zero attached hydrogens (tertiary/aromatic N) is 3. The number of carbonyl (C=O) groups is 2. The minimum Gasteiger partial charge on any atom is -0.497 e. The molecule has 0 fully saturated rings. The van der Waals surface area contributed by atoms with E-state index in [4.69, 9.17) is 27.9 Å². The number of fused-ring (bicyclic) bond motifs is 2. The zero-order chi connectivity index (χ0) is 24.9. The van der Waals surface area contributed by atoms with Crippen molar-refractivity contribution in [3.05, 3.63) is 87.7 Å². The fourth-order valence-corrected chi connectivity index (χ4v) is 5.91. The SMILES string of the molecule is COc1cccc(S(=O)(=O)n2c(CCN3C(=O)c4ccccc4C3=O)nc3cc(Cl)c(Cl)cc32)c1. The summed E-state index contributed by atoms with van der Waals surface area (Å²) < 4.78 is 33.7. The first-order chi connectivity index (χ1) is 16.7. The van der Waals surface area contributed by atoms with E-state index >= 15 is 0 Å². The predicted molar refractivity (Wildman–Crippen MR) is 131 cm³/mol. The Morgan fingerprint density at radius 1 is 0.914 bits per heavy atom. The average Bonchev–Trinajstić information content (AvgIpc) is 3.32. The Morgan fingerprint density at radius 2 is 1.57 bits per heavy atom. The largest absolute Gasteiger partial charge is 0.497 e. The molecular formula is C24H17Cl2N3O5S. The topological polar surface area (TPSA) is 98.6 Å². The van der Waals surface area contributed by atoms with Crippen molar-refractivity contribution in [1.29, 1.82) is 0 Å². The maximum Gasteiger partial charge on any atom is 0.269 e. The molecule has 0 saturated carbocycles. The molecule has 178 valence electrons. The van der Waals surface area contributed by atoms with E-state index in [1.54, 1.807) is 36.4 Å². The van der Waals surface area contributed by atoms with Crippen molar-refractivity contribution in [3.63, 3.8) is 0 Å². The van der Waals surface area contributed by atoms with Gasteiger partial charge < -0.3 is 4.74 Å². The monoisotopic (exact) mass is 529 g/mol. The van der Waals surface area contributed by atoms with Crippen molar-refractivity contribution >= 4 is 56.1 Å². The van der Waals surface area contributed by atoms with Crippen LogP contribution in [0.3, 0.4) is 0 Å². The lowest BCUT2D eigenvalue weighted by molar-refractivity contribution is 0.0655. The maximum absolute atomic E-state index is 13.7. The molecule has 0 radical (unpaired) electrons. The highest BCUT2D eigenvalue weighted by molar-refractivity contribution is 7.90. The Labute approximate surface area is 210 Å². The average molecular weight is 530 g/mol. The van der Waals surface area contributed by atoms with Crippen LogP contribution in [-0.4, -0.2) is 47.7 Å². The van der Waals surface area contributed by atoms with Crippen molar-refractivity contribution in [2.45, 2.75) is 11.3 Å². The molecule has 35 heavy (non-hydrogen) atoms. The normalized spacial score (nSPS) is 13.5. The van der Waals surface area contributed by atoms with Crippen molar-refractivity contribution in [1.82, 2.24) is 13.9 Å². The minimum atomic E-state index is -4.16. The lowest BCUT2D eigenvalue weighted by atomic mass is 10.1. The second-order valence-corrected chi connectivity index (χ2v) is 10.4. The molecule has 0 bridgehead atoms. The van der Waals surface area contributed by atoms with Crippen LogP contribution in [0.2, 0.25) is 10.0 Å². The van der Waals surface area contributed by atoms with Gasteiger partial charge in [-0.1, -0.05) is 41.4 Å². The fraction of sp³-hybridized carbons (Fsp3) is 0.125. The quantitative estimate of drug-likeness (QED) is 0.342. The van der Waals surface area contributed by atoms with Gasteiger partial charge >= 0.3 is 0 Å². The van der Waals surface area contributed by atoms with Crippen molar-refractivity contribution in [3.8, 4) is 5.75 Å². The summed E-state index contributed by atoms with van der Waals surface area (Å²) in [4.78, 5) is 31.1. The molecule has 0 atom stereocenters. The predicted octanol–water partition coefficient (Wildman–Crippen LogP) is 4.43. The first-order valence-corrected chi connectivity index (χ1v) is 12.6. The number of aromatic nitrogens is 2. The molecule has 0 aliphatic carbocycles. The van der Waals surface area contributed by atoms with E-state index in [1.165, 1.54) is 31.4 Å². The van der Waals surface area contributed by atoms with E-state index in [0.717, 1.165) is 8.87 Å². The molecule has 0 N–H and O–H groups in total. The van der Waals surface area contributed by atoms with E-state index in [-0.39, 0.29) is 39.2 Å². The Kier molecular flexibility index (Phi) is 5.79. The van der Waals surface area contributed by atoms with Crippen LogP contribution in [0.25, 0.3) is 11.0 Å². The number of amides is 2. The molecular weight excluding hydrogens is 513 g/mol. The third-order valence-corrected chi connectivity index (χ3v) is 8.20. The summed E-state index contributed by atoms with van der Waals surface area (Å²) in [6.07, 6.45) is -0.0153. The summed E-state index contributed by atoms with van der Waals surface area (Å²) in [7, 11) is -2.72. The molecule has 8 nitrogen and oxygen atoms in total. The van der Waals surface area contributed by atoms with E-state index in [1.807, 2.05) is 0 Å². The van der Waals surface area contributed by atoms with Gasteiger partial charge in [-0.2, -0.15) is 0 Å². The molecule has 1 aliphatic heterocycles. The summed E-state index contributed by atoms with van der Waals surface area (Å²) >= 11 is 12.3. The third-order valence-electron chi connectivity index (χ3n) is 5.74. The molecule has 3 aromatic carbocycles. The fourth-order valence-electron chi connectivity index (χ4n) is 4.05. The summed E-state index contributed by atoms with van der Waals surface area (Å²) in [5.74, 6) is -0.383. The highest BCUT2D eigenvalue weighted by atomic mass is 35.5. The van der Waals surface area contributed by atoms with Crippen molar-refractivity contribution < 1.29 is 22.7 Å². The number of halogens is 2. The molecule has 0 spiro atoms. The van der Waals surface area contributed by atoms with Crippen LogP contribution in [0.15, 0.2) is 65.6 Å². The van der Waals surface area contributed by atoms with E-state index in [2.05, 4.69) is 4.98 Å².